The summed E-state index contributed by atoms with van der Waals surface area (Å²) < 4.78 is 23.4. The molecule has 1 fully saturated rings. The number of hydrogen-bond acceptors (Lipinski definition) is 2. The van der Waals surface area contributed by atoms with E-state index >= 15 is 0 Å². The highest BCUT2D eigenvalue weighted by Crippen LogP contribution is 2.39. The van der Waals surface area contributed by atoms with Crippen molar-refractivity contribution in [3.05, 3.63) is 24.3 Å². The third kappa shape index (κ3) is 1.54. The largest absolute Gasteiger partial charge is 0.369 e. The van der Waals surface area contributed by atoms with Crippen molar-refractivity contribution in [2.75, 3.05) is 13.7 Å². The van der Waals surface area contributed by atoms with Gasteiger partial charge in [0.05, 0.1) is 12.2 Å². The summed E-state index contributed by atoms with van der Waals surface area (Å²) in [4.78, 5) is 0. The molecule has 0 aromatic carbocycles. The molecule has 0 amide bonds. The van der Waals surface area contributed by atoms with Gasteiger partial charge in [0.25, 0.3) is 0 Å². The smallest absolute Gasteiger partial charge is 0.247 e. The molecule has 1 unspecified atom stereocenters. The predicted octanol–water partition coefficient (Wildman–Crippen LogP) is 1.83. The molecule has 2 rings (SSSR count). The van der Waals surface area contributed by atoms with Gasteiger partial charge in [0.1, 0.15) is 0 Å². The molecule has 72 valence electrons. The molecule has 0 spiro atoms. The van der Waals surface area contributed by atoms with Gasteiger partial charge in [-0.3, -0.25) is 0 Å². The van der Waals surface area contributed by atoms with Crippen molar-refractivity contribution in [3.8, 4) is 0 Å². The van der Waals surface area contributed by atoms with Gasteiger partial charge in [0, 0.05) is 13.0 Å². The number of halogens is 1. The number of rotatable bonds is 2. The summed E-state index contributed by atoms with van der Waals surface area (Å²) >= 11 is 0. The van der Waals surface area contributed by atoms with Crippen molar-refractivity contribution < 1.29 is 13.9 Å². The third-order valence-electron chi connectivity index (χ3n) is 2.68. The van der Waals surface area contributed by atoms with Gasteiger partial charge in [0.2, 0.25) is 5.85 Å². The van der Waals surface area contributed by atoms with E-state index in [9.17, 15) is 4.39 Å². The minimum absolute atomic E-state index is 0.109. The van der Waals surface area contributed by atoms with Crippen LogP contribution in [0.3, 0.4) is 0 Å². The molecule has 13 heavy (non-hydrogen) atoms. The van der Waals surface area contributed by atoms with Crippen LogP contribution in [-0.4, -0.2) is 25.2 Å². The summed E-state index contributed by atoms with van der Waals surface area (Å²) in [5.41, 5.74) is -0.109. The van der Waals surface area contributed by atoms with Crippen LogP contribution in [0, 0.1) is 5.92 Å². The van der Waals surface area contributed by atoms with Crippen LogP contribution in [-0.2, 0) is 9.47 Å². The van der Waals surface area contributed by atoms with Crippen molar-refractivity contribution in [2.45, 2.75) is 18.4 Å². The van der Waals surface area contributed by atoms with E-state index in [1.807, 2.05) is 6.92 Å². The van der Waals surface area contributed by atoms with Crippen molar-refractivity contribution in [1.29, 1.82) is 0 Å². The Labute approximate surface area is 77.0 Å². The lowest BCUT2D eigenvalue weighted by Crippen LogP contribution is -2.26. The van der Waals surface area contributed by atoms with E-state index in [0.29, 0.717) is 0 Å². The average molecular weight is 184 g/mol. The minimum atomic E-state index is -1.72. The first-order valence-electron chi connectivity index (χ1n) is 4.35. The van der Waals surface area contributed by atoms with E-state index in [-0.39, 0.29) is 11.5 Å². The predicted molar refractivity (Wildman–Crippen MR) is 47.0 cm³/mol. The number of methoxy groups -OCH3 is 1. The zero-order valence-corrected chi connectivity index (χ0v) is 7.79. The third-order valence-corrected chi connectivity index (χ3v) is 2.68. The molecule has 0 radical (unpaired) electrons. The van der Waals surface area contributed by atoms with Gasteiger partial charge >= 0.3 is 0 Å². The Bertz CT molecular complexity index is 252. The Morgan fingerprint density at radius 2 is 2.00 bits per heavy atom. The Morgan fingerprint density at radius 3 is 2.38 bits per heavy atom. The van der Waals surface area contributed by atoms with Crippen LogP contribution in [0.25, 0.3) is 0 Å². The van der Waals surface area contributed by atoms with Crippen molar-refractivity contribution in [2.24, 2.45) is 5.92 Å². The van der Waals surface area contributed by atoms with Gasteiger partial charge in [-0.2, -0.15) is 0 Å². The van der Waals surface area contributed by atoms with Crippen molar-refractivity contribution in [1.82, 2.24) is 0 Å². The van der Waals surface area contributed by atoms with Crippen LogP contribution in [0.2, 0.25) is 0 Å². The highest BCUT2D eigenvalue weighted by Gasteiger charge is 2.46. The standard InChI is InChI=1S/C10H13FO2/c1-9(7-13-9)8-3-5-10(11,12-2)6-4-8/h3-6,8H,7H2,1-2H3. The molecule has 0 saturated carbocycles. The van der Waals surface area contributed by atoms with Gasteiger partial charge in [-0.15, -0.1) is 0 Å². The van der Waals surface area contributed by atoms with Gasteiger partial charge in [-0.1, -0.05) is 12.2 Å². The van der Waals surface area contributed by atoms with Gasteiger partial charge in [-0.05, 0) is 19.1 Å². The lowest BCUT2D eigenvalue weighted by Gasteiger charge is -2.23. The van der Waals surface area contributed by atoms with E-state index in [4.69, 9.17) is 4.74 Å². The molecule has 1 aliphatic heterocycles. The molecule has 1 atom stereocenters. The van der Waals surface area contributed by atoms with Crippen LogP contribution >= 0.6 is 0 Å². The molecule has 2 nitrogen and oxygen atoms in total. The van der Waals surface area contributed by atoms with Crippen molar-refractivity contribution >= 4 is 0 Å². The normalized spacial score (nSPS) is 48.1. The summed E-state index contributed by atoms with van der Waals surface area (Å²) in [6, 6.07) is 0. The molecule has 1 aliphatic carbocycles. The maximum Gasteiger partial charge on any atom is 0.247 e. The summed E-state index contributed by atoms with van der Waals surface area (Å²) in [6.45, 7) is 2.77. The first-order chi connectivity index (χ1) is 6.08. The fraction of sp³-hybridized carbons (Fsp3) is 0.600. The first-order valence-corrected chi connectivity index (χ1v) is 4.35. The molecular weight excluding hydrogens is 171 g/mol. The lowest BCUT2D eigenvalue weighted by atomic mass is 9.89. The number of hydrogen-bond donors (Lipinski definition) is 0. The molecule has 1 heterocycles. The Hall–Kier alpha value is -0.670. The lowest BCUT2D eigenvalue weighted by molar-refractivity contribution is -0.0391. The quantitative estimate of drug-likeness (QED) is 0.482. The van der Waals surface area contributed by atoms with Gasteiger partial charge in [0.15, 0.2) is 0 Å². The zero-order chi connectivity index (χ0) is 9.53. The fourth-order valence-electron chi connectivity index (χ4n) is 1.44. The summed E-state index contributed by atoms with van der Waals surface area (Å²) in [6.07, 6.45) is 6.47. The van der Waals surface area contributed by atoms with Crippen LogP contribution in [0.5, 0.6) is 0 Å². The first kappa shape index (κ1) is 8.91. The van der Waals surface area contributed by atoms with E-state index in [1.165, 1.54) is 19.3 Å². The minimum Gasteiger partial charge on any atom is -0.369 e. The molecular formula is C10H13FO2. The van der Waals surface area contributed by atoms with E-state index in [1.54, 1.807) is 12.2 Å². The summed E-state index contributed by atoms with van der Waals surface area (Å²) in [5.74, 6) is -1.55. The topological polar surface area (TPSA) is 21.8 Å². The average Bonchev–Trinajstić information content (AvgIpc) is 2.86. The van der Waals surface area contributed by atoms with E-state index < -0.39 is 5.85 Å². The maximum atomic E-state index is 13.4. The maximum absolute atomic E-state index is 13.4. The molecule has 0 N–H and O–H groups in total. The van der Waals surface area contributed by atoms with Crippen molar-refractivity contribution in [3.63, 3.8) is 0 Å². The van der Waals surface area contributed by atoms with E-state index in [2.05, 4.69) is 4.74 Å². The molecule has 0 bridgehead atoms. The van der Waals surface area contributed by atoms with Crippen LogP contribution in [0.1, 0.15) is 6.92 Å². The Balaban J connectivity index is 2.09. The van der Waals surface area contributed by atoms with Crippen LogP contribution in [0.15, 0.2) is 24.3 Å². The number of alkyl halides is 1. The van der Waals surface area contributed by atoms with Crippen LogP contribution < -0.4 is 0 Å². The second-order valence-corrected chi connectivity index (χ2v) is 3.75. The highest BCUT2D eigenvalue weighted by atomic mass is 19.2. The highest BCUT2D eigenvalue weighted by molar-refractivity contribution is 5.24. The van der Waals surface area contributed by atoms with Crippen LogP contribution in [0.4, 0.5) is 4.39 Å². The molecule has 3 heteroatoms. The number of epoxide rings is 1. The second-order valence-electron chi connectivity index (χ2n) is 3.75. The summed E-state index contributed by atoms with van der Waals surface area (Å²) in [5, 5.41) is 0. The van der Waals surface area contributed by atoms with Gasteiger partial charge in [-0.25, -0.2) is 4.39 Å². The Morgan fingerprint density at radius 1 is 1.46 bits per heavy atom. The van der Waals surface area contributed by atoms with Gasteiger partial charge < -0.3 is 9.47 Å². The summed E-state index contributed by atoms with van der Waals surface area (Å²) in [7, 11) is 1.35. The Kier molecular flexibility index (Phi) is 1.82. The molecule has 1 saturated heterocycles. The fourth-order valence-corrected chi connectivity index (χ4v) is 1.44. The van der Waals surface area contributed by atoms with E-state index in [0.717, 1.165) is 6.61 Å². The SMILES string of the molecule is COC1(F)C=CC(C2(C)CO2)C=C1. The number of ether oxygens (including phenoxy) is 2. The molecule has 0 aromatic heterocycles. The molecule has 2 aliphatic rings. The molecule has 0 aromatic rings. The monoisotopic (exact) mass is 184 g/mol. The second kappa shape index (κ2) is 2.66. The zero-order valence-electron chi connectivity index (χ0n) is 7.79.